The second-order valence-electron chi connectivity index (χ2n) is 5.55. The first kappa shape index (κ1) is 16.4. The molecular weight excluding hydrogens is 282 g/mol. The Labute approximate surface area is 132 Å². The molecule has 0 radical (unpaired) electrons. The highest BCUT2D eigenvalue weighted by molar-refractivity contribution is 7.98. The average Bonchev–Trinajstić information content (AvgIpc) is 2.53. The minimum atomic E-state index is 0.227. The molecule has 1 aliphatic heterocycles. The van der Waals surface area contributed by atoms with Crippen LogP contribution in [0, 0.1) is 0 Å². The zero-order valence-electron chi connectivity index (χ0n) is 12.8. The lowest BCUT2D eigenvalue weighted by molar-refractivity contribution is -0.131. The molecule has 0 aromatic heterocycles. The fraction of sp³-hybridized carbons (Fsp3) is 0.588. The molecule has 3 nitrogen and oxygen atoms in total. The Kier molecular flexibility index (Phi) is 7.10. The summed E-state index contributed by atoms with van der Waals surface area (Å²) >= 11 is 1.82. The van der Waals surface area contributed by atoms with Crippen molar-refractivity contribution in [1.29, 1.82) is 0 Å². The molecule has 0 spiro atoms. The van der Waals surface area contributed by atoms with E-state index in [0.717, 1.165) is 37.5 Å². The number of amides is 1. The summed E-state index contributed by atoms with van der Waals surface area (Å²) < 4.78 is 5.68. The van der Waals surface area contributed by atoms with Gasteiger partial charge >= 0.3 is 0 Å². The Hall–Kier alpha value is -1.00. The van der Waals surface area contributed by atoms with E-state index in [1.165, 1.54) is 12.0 Å². The van der Waals surface area contributed by atoms with Gasteiger partial charge in [-0.05, 0) is 24.8 Å². The van der Waals surface area contributed by atoms with E-state index in [4.69, 9.17) is 4.74 Å². The highest BCUT2D eigenvalue weighted by atomic mass is 32.2. The van der Waals surface area contributed by atoms with Crippen LogP contribution in [0.5, 0.6) is 0 Å². The number of thioether (sulfide) groups is 1. The Morgan fingerprint density at radius 2 is 2.14 bits per heavy atom. The van der Waals surface area contributed by atoms with Gasteiger partial charge in [0, 0.05) is 38.1 Å². The van der Waals surface area contributed by atoms with Gasteiger partial charge in [-0.25, -0.2) is 0 Å². The Morgan fingerprint density at radius 1 is 1.33 bits per heavy atom. The van der Waals surface area contributed by atoms with Crippen molar-refractivity contribution in [2.75, 3.05) is 26.0 Å². The van der Waals surface area contributed by atoms with E-state index in [1.807, 2.05) is 29.8 Å². The summed E-state index contributed by atoms with van der Waals surface area (Å²) in [6.07, 6.45) is 4.31. The van der Waals surface area contributed by atoms with Crippen LogP contribution in [-0.2, 0) is 15.3 Å². The number of carbonyl (C=O) groups is 1. The summed E-state index contributed by atoms with van der Waals surface area (Å²) in [4.78, 5) is 13.9. The van der Waals surface area contributed by atoms with Crippen LogP contribution in [0.2, 0.25) is 0 Å². The first-order chi connectivity index (χ1) is 10.3. The summed E-state index contributed by atoms with van der Waals surface area (Å²) in [5, 5.41) is 0. The predicted molar refractivity (Wildman–Crippen MR) is 88.4 cm³/mol. The van der Waals surface area contributed by atoms with E-state index >= 15 is 0 Å². The van der Waals surface area contributed by atoms with Crippen LogP contribution in [0.25, 0.3) is 0 Å². The van der Waals surface area contributed by atoms with Gasteiger partial charge in [-0.3, -0.25) is 4.79 Å². The van der Waals surface area contributed by atoms with Crippen molar-refractivity contribution in [2.24, 2.45) is 0 Å². The second kappa shape index (κ2) is 9.11. The Morgan fingerprint density at radius 3 is 2.86 bits per heavy atom. The smallest absolute Gasteiger partial charge is 0.223 e. The number of likely N-dealkylation sites (N-methyl/N-ethyl adjacent to an activating group) is 1. The molecule has 1 aromatic rings. The third kappa shape index (κ3) is 6.10. The maximum absolute atomic E-state index is 12.1. The van der Waals surface area contributed by atoms with E-state index in [-0.39, 0.29) is 12.0 Å². The number of nitrogens with zero attached hydrogens (tertiary/aromatic N) is 1. The molecule has 21 heavy (non-hydrogen) atoms. The number of benzene rings is 1. The highest BCUT2D eigenvalue weighted by Gasteiger charge is 2.18. The quantitative estimate of drug-likeness (QED) is 0.724. The van der Waals surface area contributed by atoms with Crippen molar-refractivity contribution in [3.63, 3.8) is 0 Å². The first-order valence-corrected chi connectivity index (χ1v) is 8.88. The normalized spacial score (nSPS) is 18.4. The molecule has 2 rings (SSSR count). The van der Waals surface area contributed by atoms with E-state index in [0.29, 0.717) is 6.42 Å². The molecule has 1 amide bonds. The molecule has 4 heteroatoms. The van der Waals surface area contributed by atoms with E-state index in [1.54, 1.807) is 0 Å². The Balaban J connectivity index is 1.60. The maximum atomic E-state index is 12.1. The van der Waals surface area contributed by atoms with Gasteiger partial charge < -0.3 is 9.64 Å². The van der Waals surface area contributed by atoms with E-state index in [9.17, 15) is 4.79 Å². The van der Waals surface area contributed by atoms with Gasteiger partial charge in [0.25, 0.3) is 0 Å². The van der Waals surface area contributed by atoms with Crippen LogP contribution in [0.1, 0.15) is 31.2 Å². The number of rotatable bonds is 7. The van der Waals surface area contributed by atoms with Crippen LogP contribution in [-0.4, -0.2) is 42.9 Å². The lowest BCUT2D eigenvalue weighted by Crippen LogP contribution is -2.37. The summed E-state index contributed by atoms with van der Waals surface area (Å²) in [5.74, 6) is 2.08. The van der Waals surface area contributed by atoms with Crippen molar-refractivity contribution < 1.29 is 9.53 Å². The van der Waals surface area contributed by atoms with Crippen LogP contribution in [0.4, 0.5) is 0 Å². The van der Waals surface area contributed by atoms with Gasteiger partial charge in [0.1, 0.15) is 0 Å². The summed E-state index contributed by atoms with van der Waals surface area (Å²) in [6, 6.07) is 10.4. The fourth-order valence-corrected chi connectivity index (χ4v) is 3.36. The molecule has 116 valence electrons. The van der Waals surface area contributed by atoms with Crippen molar-refractivity contribution in [3.05, 3.63) is 35.9 Å². The standard InChI is InChI=1S/C17H25NO2S/c1-18(13-16-9-5-6-11-20-16)17(19)10-12-21-14-15-7-3-2-4-8-15/h2-4,7-8,16H,5-6,9-14H2,1H3. The van der Waals surface area contributed by atoms with Gasteiger partial charge in [-0.2, -0.15) is 11.8 Å². The third-order valence-corrected chi connectivity index (χ3v) is 4.78. The molecule has 0 bridgehead atoms. The molecule has 1 unspecified atom stereocenters. The Bertz CT molecular complexity index is 418. The summed E-state index contributed by atoms with van der Waals surface area (Å²) in [5.41, 5.74) is 1.32. The highest BCUT2D eigenvalue weighted by Crippen LogP contribution is 2.15. The van der Waals surface area contributed by atoms with Crippen LogP contribution in [0.15, 0.2) is 30.3 Å². The SMILES string of the molecule is CN(CC1CCCCO1)C(=O)CCSCc1ccccc1. The zero-order valence-corrected chi connectivity index (χ0v) is 13.6. The number of hydrogen-bond acceptors (Lipinski definition) is 3. The van der Waals surface area contributed by atoms with E-state index in [2.05, 4.69) is 24.3 Å². The topological polar surface area (TPSA) is 29.5 Å². The molecule has 1 aromatic carbocycles. The molecule has 1 heterocycles. The van der Waals surface area contributed by atoms with E-state index < -0.39 is 0 Å². The first-order valence-electron chi connectivity index (χ1n) is 7.73. The lowest BCUT2D eigenvalue weighted by atomic mass is 10.1. The van der Waals surface area contributed by atoms with Gasteiger partial charge in [0.2, 0.25) is 5.91 Å². The lowest BCUT2D eigenvalue weighted by Gasteiger charge is -2.27. The molecule has 1 saturated heterocycles. The zero-order chi connectivity index (χ0) is 14.9. The summed E-state index contributed by atoms with van der Waals surface area (Å²) in [6.45, 7) is 1.59. The van der Waals surface area contributed by atoms with Crippen molar-refractivity contribution in [3.8, 4) is 0 Å². The molecule has 1 aliphatic rings. The molecular formula is C17H25NO2S. The monoisotopic (exact) mass is 307 g/mol. The maximum Gasteiger partial charge on any atom is 0.223 e. The second-order valence-corrected chi connectivity index (χ2v) is 6.66. The van der Waals surface area contributed by atoms with Crippen LogP contribution >= 0.6 is 11.8 Å². The van der Waals surface area contributed by atoms with Crippen molar-refractivity contribution >= 4 is 17.7 Å². The van der Waals surface area contributed by atoms with Gasteiger partial charge in [0.05, 0.1) is 6.10 Å². The molecule has 1 atom stereocenters. The van der Waals surface area contributed by atoms with Gasteiger partial charge in [0.15, 0.2) is 0 Å². The largest absolute Gasteiger partial charge is 0.376 e. The molecule has 0 saturated carbocycles. The molecule has 0 N–H and O–H groups in total. The van der Waals surface area contributed by atoms with Crippen molar-refractivity contribution in [1.82, 2.24) is 4.90 Å². The van der Waals surface area contributed by atoms with Gasteiger partial charge in [-0.15, -0.1) is 0 Å². The number of carbonyl (C=O) groups excluding carboxylic acids is 1. The number of ether oxygens (including phenoxy) is 1. The van der Waals surface area contributed by atoms with Gasteiger partial charge in [-0.1, -0.05) is 30.3 Å². The predicted octanol–water partition coefficient (Wildman–Crippen LogP) is 3.34. The molecule has 0 aliphatic carbocycles. The minimum absolute atomic E-state index is 0.227. The number of hydrogen-bond donors (Lipinski definition) is 0. The minimum Gasteiger partial charge on any atom is -0.376 e. The summed E-state index contributed by atoms with van der Waals surface area (Å²) in [7, 11) is 1.89. The van der Waals surface area contributed by atoms with Crippen LogP contribution < -0.4 is 0 Å². The van der Waals surface area contributed by atoms with Crippen LogP contribution in [0.3, 0.4) is 0 Å². The average molecular weight is 307 g/mol. The third-order valence-electron chi connectivity index (χ3n) is 3.75. The fourth-order valence-electron chi connectivity index (χ4n) is 2.47. The molecule has 1 fully saturated rings. The van der Waals surface area contributed by atoms with Crippen molar-refractivity contribution in [2.45, 2.75) is 37.5 Å².